The van der Waals surface area contributed by atoms with Gasteiger partial charge in [0.05, 0.1) is 0 Å². The monoisotopic (exact) mass is 208 g/mol. The molecule has 4 fully saturated rings. The fraction of sp³-hybridized carbons (Fsp3) is 0.917. The number of amides is 1. The number of hydrogen-bond acceptors (Lipinski definition) is 2. The van der Waals surface area contributed by atoms with Gasteiger partial charge in [-0.1, -0.05) is 0 Å². The molecule has 0 atom stereocenters. The second-order valence-corrected chi connectivity index (χ2v) is 5.87. The van der Waals surface area contributed by atoms with Crippen molar-refractivity contribution in [3.05, 3.63) is 0 Å². The molecule has 0 unspecified atom stereocenters. The minimum absolute atomic E-state index is 0.0347. The molecule has 4 bridgehead atoms. The molecule has 84 valence electrons. The largest absolute Gasteiger partial charge is 0.294 e. The highest BCUT2D eigenvalue weighted by molar-refractivity contribution is 5.75. The van der Waals surface area contributed by atoms with Crippen molar-refractivity contribution in [1.29, 1.82) is 0 Å². The Morgan fingerprint density at radius 3 is 2.07 bits per heavy atom. The van der Waals surface area contributed by atoms with Gasteiger partial charge in [0.25, 0.3) is 0 Å². The highest BCUT2D eigenvalue weighted by Crippen LogP contribution is 2.57. The molecular weight excluding hydrogens is 188 g/mol. The Balaban J connectivity index is 1.72. The van der Waals surface area contributed by atoms with Crippen LogP contribution in [0.3, 0.4) is 0 Å². The molecule has 0 spiro atoms. The van der Waals surface area contributed by atoms with Gasteiger partial charge in [-0.25, -0.2) is 5.84 Å². The van der Waals surface area contributed by atoms with E-state index < -0.39 is 0 Å². The molecular formula is C12H20N2O. The number of nitrogens with one attached hydrogen (secondary N) is 1. The SMILES string of the molecule is NNC(=O)CC1C2CC3CC(C2)CC1C3. The number of hydrogen-bond donors (Lipinski definition) is 2. The summed E-state index contributed by atoms with van der Waals surface area (Å²) >= 11 is 0. The highest BCUT2D eigenvalue weighted by atomic mass is 16.2. The van der Waals surface area contributed by atoms with Gasteiger partial charge in [0.1, 0.15) is 0 Å². The van der Waals surface area contributed by atoms with E-state index in [1.807, 2.05) is 0 Å². The number of hydrazine groups is 1. The zero-order chi connectivity index (χ0) is 10.4. The van der Waals surface area contributed by atoms with Crippen LogP contribution < -0.4 is 11.3 Å². The Morgan fingerprint density at radius 2 is 1.60 bits per heavy atom. The quantitative estimate of drug-likeness (QED) is 0.410. The van der Waals surface area contributed by atoms with Crippen molar-refractivity contribution in [2.24, 2.45) is 35.4 Å². The number of carbonyl (C=O) groups is 1. The molecule has 4 rings (SSSR count). The van der Waals surface area contributed by atoms with Crippen LogP contribution in [0.25, 0.3) is 0 Å². The zero-order valence-electron chi connectivity index (χ0n) is 9.11. The third-order valence-electron chi connectivity index (χ3n) is 5.00. The summed E-state index contributed by atoms with van der Waals surface area (Å²) in [6.45, 7) is 0. The molecule has 0 aliphatic heterocycles. The van der Waals surface area contributed by atoms with Crippen LogP contribution in [0.15, 0.2) is 0 Å². The van der Waals surface area contributed by atoms with E-state index in [-0.39, 0.29) is 5.91 Å². The van der Waals surface area contributed by atoms with Crippen molar-refractivity contribution in [3.8, 4) is 0 Å². The first-order chi connectivity index (χ1) is 7.26. The molecule has 1 amide bonds. The average Bonchev–Trinajstić information content (AvgIpc) is 2.22. The third-order valence-corrected chi connectivity index (χ3v) is 5.00. The second kappa shape index (κ2) is 3.48. The van der Waals surface area contributed by atoms with Gasteiger partial charge in [-0.3, -0.25) is 10.2 Å². The maximum Gasteiger partial charge on any atom is 0.234 e. The van der Waals surface area contributed by atoms with Gasteiger partial charge >= 0.3 is 0 Å². The zero-order valence-corrected chi connectivity index (χ0v) is 9.11. The van der Waals surface area contributed by atoms with E-state index in [2.05, 4.69) is 5.43 Å². The molecule has 4 saturated carbocycles. The first-order valence-corrected chi connectivity index (χ1v) is 6.25. The van der Waals surface area contributed by atoms with Crippen LogP contribution >= 0.6 is 0 Å². The van der Waals surface area contributed by atoms with Gasteiger partial charge in [0.2, 0.25) is 5.91 Å². The van der Waals surface area contributed by atoms with Gasteiger partial charge in [0, 0.05) is 6.42 Å². The molecule has 3 N–H and O–H groups in total. The van der Waals surface area contributed by atoms with Crippen molar-refractivity contribution in [3.63, 3.8) is 0 Å². The van der Waals surface area contributed by atoms with Crippen molar-refractivity contribution in [2.75, 3.05) is 0 Å². The third kappa shape index (κ3) is 1.57. The highest BCUT2D eigenvalue weighted by Gasteiger charge is 2.48. The van der Waals surface area contributed by atoms with Crippen LogP contribution in [0.4, 0.5) is 0 Å². The molecule has 0 radical (unpaired) electrons. The fourth-order valence-electron chi connectivity index (χ4n) is 4.64. The Bertz CT molecular complexity index is 249. The van der Waals surface area contributed by atoms with Gasteiger partial charge in [0.15, 0.2) is 0 Å². The van der Waals surface area contributed by atoms with Crippen LogP contribution in [-0.2, 0) is 4.79 Å². The summed E-state index contributed by atoms with van der Waals surface area (Å²) in [5.74, 6) is 9.50. The summed E-state index contributed by atoms with van der Waals surface area (Å²) in [5, 5.41) is 0. The van der Waals surface area contributed by atoms with E-state index in [4.69, 9.17) is 5.84 Å². The maximum absolute atomic E-state index is 11.4. The minimum Gasteiger partial charge on any atom is -0.294 e. The number of carbonyl (C=O) groups excluding carboxylic acids is 1. The summed E-state index contributed by atoms with van der Waals surface area (Å²) in [5.41, 5.74) is 2.29. The molecule has 0 aromatic heterocycles. The summed E-state index contributed by atoms with van der Waals surface area (Å²) in [4.78, 5) is 11.4. The lowest BCUT2D eigenvalue weighted by atomic mass is 9.51. The maximum atomic E-state index is 11.4. The van der Waals surface area contributed by atoms with Crippen molar-refractivity contribution < 1.29 is 4.79 Å². The number of nitrogens with two attached hydrogens (primary N) is 1. The lowest BCUT2D eigenvalue weighted by Gasteiger charge is -2.54. The Kier molecular flexibility index (Phi) is 2.23. The van der Waals surface area contributed by atoms with Crippen molar-refractivity contribution >= 4 is 5.91 Å². The van der Waals surface area contributed by atoms with Crippen LogP contribution in [0.2, 0.25) is 0 Å². The molecule has 3 heteroatoms. The van der Waals surface area contributed by atoms with Crippen LogP contribution in [0.1, 0.15) is 38.5 Å². The van der Waals surface area contributed by atoms with Gasteiger partial charge in [-0.15, -0.1) is 0 Å². The lowest BCUT2D eigenvalue weighted by molar-refractivity contribution is -0.126. The normalized spacial score (nSPS) is 46.9. The summed E-state index contributed by atoms with van der Waals surface area (Å²) in [6, 6.07) is 0. The van der Waals surface area contributed by atoms with Crippen molar-refractivity contribution in [1.82, 2.24) is 5.43 Å². The first-order valence-electron chi connectivity index (χ1n) is 6.25. The molecule has 0 saturated heterocycles. The van der Waals surface area contributed by atoms with E-state index in [9.17, 15) is 4.79 Å². The Labute approximate surface area is 90.8 Å². The predicted molar refractivity (Wildman–Crippen MR) is 57.5 cm³/mol. The summed E-state index contributed by atoms with van der Waals surface area (Å²) < 4.78 is 0. The van der Waals surface area contributed by atoms with Gasteiger partial charge in [-0.05, 0) is 61.7 Å². The number of rotatable bonds is 2. The molecule has 0 aromatic carbocycles. The van der Waals surface area contributed by atoms with Crippen LogP contribution in [0.5, 0.6) is 0 Å². The molecule has 0 heterocycles. The Morgan fingerprint density at radius 1 is 1.07 bits per heavy atom. The first kappa shape index (κ1) is 9.64. The molecule has 3 nitrogen and oxygen atoms in total. The fourth-order valence-corrected chi connectivity index (χ4v) is 4.64. The van der Waals surface area contributed by atoms with Crippen LogP contribution in [0, 0.1) is 29.6 Å². The molecule has 4 aliphatic carbocycles. The standard InChI is InChI=1S/C12H20N2O/c13-14-12(15)6-11-9-2-7-1-8(4-9)5-10(11)3-7/h7-11H,1-6,13H2,(H,14,15). The van der Waals surface area contributed by atoms with Gasteiger partial charge < -0.3 is 0 Å². The van der Waals surface area contributed by atoms with Gasteiger partial charge in [-0.2, -0.15) is 0 Å². The lowest BCUT2D eigenvalue weighted by Crippen LogP contribution is -2.47. The average molecular weight is 208 g/mol. The molecule has 0 aromatic rings. The van der Waals surface area contributed by atoms with E-state index in [1.54, 1.807) is 0 Å². The predicted octanol–water partition coefficient (Wildman–Crippen LogP) is 1.44. The summed E-state index contributed by atoms with van der Waals surface area (Å²) in [7, 11) is 0. The van der Waals surface area contributed by atoms with E-state index in [0.29, 0.717) is 12.3 Å². The van der Waals surface area contributed by atoms with E-state index in [0.717, 1.165) is 23.7 Å². The van der Waals surface area contributed by atoms with E-state index >= 15 is 0 Å². The van der Waals surface area contributed by atoms with E-state index in [1.165, 1.54) is 32.1 Å². The summed E-state index contributed by atoms with van der Waals surface area (Å²) in [6.07, 6.45) is 7.68. The smallest absolute Gasteiger partial charge is 0.234 e. The second-order valence-electron chi connectivity index (χ2n) is 5.87. The molecule has 4 aliphatic rings. The minimum atomic E-state index is 0.0347. The topological polar surface area (TPSA) is 55.1 Å². The Hall–Kier alpha value is -0.570. The van der Waals surface area contributed by atoms with Crippen LogP contribution in [-0.4, -0.2) is 5.91 Å². The van der Waals surface area contributed by atoms with Crippen molar-refractivity contribution in [2.45, 2.75) is 38.5 Å². The molecule has 15 heavy (non-hydrogen) atoms.